The number of aryl methyl sites for hydroxylation is 2. The number of benzene rings is 1. The van der Waals surface area contributed by atoms with E-state index in [-0.39, 0.29) is 12.2 Å². The number of hydrogen-bond donors (Lipinski definition) is 0. The summed E-state index contributed by atoms with van der Waals surface area (Å²) in [5, 5.41) is 4.52. The van der Waals surface area contributed by atoms with Gasteiger partial charge in [0, 0.05) is 18.8 Å². The van der Waals surface area contributed by atoms with E-state index < -0.39 is 0 Å². The third-order valence-electron chi connectivity index (χ3n) is 4.59. The number of anilines is 1. The van der Waals surface area contributed by atoms with E-state index >= 15 is 0 Å². The Morgan fingerprint density at radius 3 is 2.54 bits per heavy atom. The molecule has 1 saturated heterocycles. The zero-order valence-electron chi connectivity index (χ0n) is 15.3. The molecule has 6 heteroatoms. The minimum atomic E-state index is 0.0269. The van der Waals surface area contributed by atoms with Crippen LogP contribution in [0.4, 0.5) is 5.82 Å². The van der Waals surface area contributed by atoms with Crippen molar-refractivity contribution in [2.75, 3.05) is 18.0 Å². The molecule has 26 heavy (non-hydrogen) atoms. The summed E-state index contributed by atoms with van der Waals surface area (Å²) in [5.41, 5.74) is 3.21. The van der Waals surface area contributed by atoms with Gasteiger partial charge in [0.2, 0.25) is 0 Å². The van der Waals surface area contributed by atoms with E-state index in [0.717, 1.165) is 36.1 Å². The number of rotatable bonds is 3. The molecule has 0 spiro atoms. The molecule has 0 N–H and O–H groups in total. The Balaban J connectivity index is 1.62. The topological polar surface area (TPSA) is 56.1 Å². The SMILES string of the molecule is Cc1cc(C)n(-c2cncc(N3CC(C)OC(c4ccccc4)C3)n2)n1. The van der Waals surface area contributed by atoms with Gasteiger partial charge in [0.05, 0.1) is 24.2 Å². The summed E-state index contributed by atoms with van der Waals surface area (Å²) in [7, 11) is 0. The summed E-state index contributed by atoms with van der Waals surface area (Å²) in [6.07, 6.45) is 3.71. The molecule has 3 aromatic rings. The molecule has 1 fully saturated rings. The molecule has 4 rings (SSSR count). The van der Waals surface area contributed by atoms with Crippen LogP contribution >= 0.6 is 0 Å². The molecule has 6 nitrogen and oxygen atoms in total. The highest BCUT2D eigenvalue weighted by Crippen LogP contribution is 2.27. The molecule has 134 valence electrons. The number of morpholine rings is 1. The van der Waals surface area contributed by atoms with E-state index in [2.05, 4.69) is 34.0 Å². The molecular formula is C20H23N5O. The van der Waals surface area contributed by atoms with Crippen LogP contribution in [0.3, 0.4) is 0 Å². The van der Waals surface area contributed by atoms with Gasteiger partial charge >= 0.3 is 0 Å². The highest BCUT2D eigenvalue weighted by molar-refractivity contribution is 5.41. The zero-order valence-corrected chi connectivity index (χ0v) is 15.3. The van der Waals surface area contributed by atoms with Crippen LogP contribution in [0.1, 0.15) is 30.0 Å². The molecule has 0 saturated carbocycles. The van der Waals surface area contributed by atoms with Crippen molar-refractivity contribution in [2.45, 2.75) is 33.0 Å². The van der Waals surface area contributed by atoms with Gasteiger partial charge in [-0.2, -0.15) is 5.10 Å². The maximum absolute atomic E-state index is 6.15. The Morgan fingerprint density at radius 2 is 1.81 bits per heavy atom. The molecule has 2 unspecified atom stereocenters. The van der Waals surface area contributed by atoms with Crippen molar-refractivity contribution in [3.63, 3.8) is 0 Å². The van der Waals surface area contributed by atoms with Crippen LogP contribution in [0.5, 0.6) is 0 Å². The first-order valence-corrected chi connectivity index (χ1v) is 8.91. The van der Waals surface area contributed by atoms with Crippen molar-refractivity contribution in [3.05, 3.63) is 65.7 Å². The number of ether oxygens (including phenoxy) is 1. The van der Waals surface area contributed by atoms with Crippen molar-refractivity contribution in [3.8, 4) is 5.82 Å². The van der Waals surface area contributed by atoms with Gasteiger partial charge in [0.25, 0.3) is 0 Å². The Morgan fingerprint density at radius 1 is 1.04 bits per heavy atom. The summed E-state index contributed by atoms with van der Waals surface area (Å²) in [4.78, 5) is 11.5. The monoisotopic (exact) mass is 349 g/mol. The Hall–Kier alpha value is -2.73. The van der Waals surface area contributed by atoms with Gasteiger partial charge in [0.1, 0.15) is 11.9 Å². The first kappa shape index (κ1) is 16.7. The fourth-order valence-electron chi connectivity index (χ4n) is 3.45. The average molecular weight is 349 g/mol. The number of aromatic nitrogens is 4. The second-order valence-electron chi connectivity index (χ2n) is 6.83. The van der Waals surface area contributed by atoms with E-state index in [0.29, 0.717) is 0 Å². The summed E-state index contributed by atoms with van der Waals surface area (Å²) in [6.45, 7) is 7.65. The molecule has 0 amide bonds. The van der Waals surface area contributed by atoms with E-state index in [4.69, 9.17) is 9.72 Å². The molecule has 1 aliphatic rings. The Labute approximate surface area is 153 Å². The molecular weight excluding hydrogens is 326 g/mol. The lowest BCUT2D eigenvalue weighted by Gasteiger charge is -2.37. The maximum Gasteiger partial charge on any atom is 0.174 e. The van der Waals surface area contributed by atoms with Gasteiger partial charge < -0.3 is 9.64 Å². The molecule has 1 aromatic carbocycles. The first-order chi connectivity index (χ1) is 12.6. The lowest BCUT2D eigenvalue weighted by atomic mass is 10.1. The Bertz CT molecular complexity index is 892. The number of nitrogens with zero attached hydrogens (tertiary/aromatic N) is 5. The van der Waals surface area contributed by atoms with E-state index in [9.17, 15) is 0 Å². The lowest BCUT2D eigenvalue weighted by Crippen LogP contribution is -2.43. The van der Waals surface area contributed by atoms with Crippen LogP contribution in [-0.4, -0.2) is 38.9 Å². The molecule has 2 aromatic heterocycles. The zero-order chi connectivity index (χ0) is 18.1. The predicted octanol–water partition coefficient (Wildman–Crippen LogP) is 3.25. The van der Waals surface area contributed by atoms with E-state index in [1.807, 2.05) is 49.0 Å². The largest absolute Gasteiger partial charge is 0.367 e. The number of hydrogen-bond acceptors (Lipinski definition) is 5. The fourth-order valence-corrected chi connectivity index (χ4v) is 3.45. The summed E-state index contributed by atoms with van der Waals surface area (Å²) in [5.74, 6) is 1.59. The lowest BCUT2D eigenvalue weighted by molar-refractivity contribution is -0.0176. The molecule has 0 aliphatic carbocycles. The molecule has 1 aliphatic heterocycles. The molecule has 2 atom stereocenters. The smallest absolute Gasteiger partial charge is 0.174 e. The minimum absolute atomic E-state index is 0.0269. The van der Waals surface area contributed by atoms with E-state index in [1.54, 1.807) is 6.20 Å². The van der Waals surface area contributed by atoms with Crippen molar-refractivity contribution in [1.29, 1.82) is 0 Å². The highest BCUT2D eigenvalue weighted by Gasteiger charge is 2.27. The van der Waals surface area contributed by atoms with Gasteiger partial charge in [-0.05, 0) is 32.4 Å². The maximum atomic E-state index is 6.15. The van der Waals surface area contributed by atoms with Crippen LogP contribution < -0.4 is 4.90 Å². The molecule has 3 heterocycles. The van der Waals surface area contributed by atoms with Gasteiger partial charge in [0.15, 0.2) is 5.82 Å². The fraction of sp³-hybridized carbons (Fsp3) is 0.350. The van der Waals surface area contributed by atoms with Crippen LogP contribution in [-0.2, 0) is 4.74 Å². The van der Waals surface area contributed by atoms with Crippen LogP contribution in [0.15, 0.2) is 48.8 Å². The third kappa shape index (κ3) is 3.32. The highest BCUT2D eigenvalue weighted by atomic mass is 16.5. The van der Waals surface area contributed by atoms with Crippen LogP contribution in [0.25, 0.3) is 5.82 Å². The van der Waals surface area contributed by atoms with E-state index in [1.165, 1.54) is 5.56 Å². The van der Waals surface area contributed by atoms with Crippen molar-refractivity contribution >= 4 is 5.82 Å². The molecule has 0 bridgehead atoms. The van der Waals surface area contributed by atoms with Crippen LogP contribution in [0, 0.1) is 13.8 Å². The average Bonchev–Trinajstić information content (AvgIpc) is 3.00. The second kappa shape index (κ2) is 6.88. The first-order valence-electron chi connectivity index (χ1n) is 8.91. The Kier molecular flexibility index (Phi) is 4.42. The molecule has 0 radical (unpaired) electrons. The summed E-state index contributed by atoms with van der Waals surface area (Å²) < 4.78 is 7.99. The van der Waals surface area contributed by atoms with Gasteiger partial charge in [-0.3, -0.25) is 4.98 Å². The predicted molar refractivity (Wildman–Crippen MR) is 101 cm³/mol. The standard InChI is InChI=1S/C20H23N5O/c1-14-9-15(2)25(23-14)20-11-21-10-19(22-20)24-12-16(3)26-18(13-24)17-7-5-4-6-8-17/h4-11,16,18H,12-13H2,1-3H3. The van der Waals surface area contributed by atoms with Crippen molar-refractivity contribution in [1.82, 2.24) is 19.7 Å². The van der Waals surface area contributed by atoms with Gasteiger partial charge in [-0.25, -0.2) is 9.67 Å². The summed E-state index contributed by atoms with van der Waals surface area (Å²) in [6, 6.07) is 12.4. The second-order valence-corrected chi connectivity index (χ2v) is 6.83. The van der Waals surface area contributed by atoms with Gasteiger partial charge in [-0.15, -0.1) is 0 Å². The van der Waals surface area contributed by atoms with Crippen molar-refractivity contribution in [2.24, 2.45) is 0 Å². The quantitative estimate of drug-likeness (QED) is 0.726. The van der Waals surface area contributed by atoms with Crippen LogP contribution in [0.2, 0.25) is 0 Å². The normalized spacial score (nSPS) is 20.3. The summed E-state index contributed by atoms with van der Waals surface area (Å²) >= 11 is 0. The van der Waals surface area contributed by atoms with Crippen molar-refractivity contribution < 1.29 is 4.74 Å². The minimum Gasteiger partial charge on any atom is -0.367 e. The van der Waals surface area contributed by atoms with Gasteiger partial charge in [-0.1, -0.05) is 30.3 Å². The third-order valence-corrected chi connectivity index (χ3v) is 4.59.